The van der Waals surface area contributed by atoms with Crippen molar-refractivity contribution in [2.75, 3.05) is 0 Å². The maximum atomic E-state index is 5.20. The van der Waals surface area contributed by atoms with Gasteiger partial charge in [0, 0.05) is 24.9 Å². The first-order valence-electron chi connectivity index (χ1n) is 9.90. The molecule has 0 amide bonds. The smallest absolute Gasteiger partial charge is 0.109 e. The molecule has 3 aromatic heterocycles. The Morgan fingerprint density at radius 2 is 1.32 bits per heavy atom. The highest BCUT2D eigenvalue weighted by Gasteiger charge is 2.15. The van der Waals surface area contributed by atoms with Crippen LogP contribution in [0.1, 0.15) is 79.2 Å². The van der Waals surface area contributed by atoms with Crippen LogP contribution in [0, 0.1) is 0 Å². The molecule has 3 rings (SSSR count). The molecule has 0 radical (unpaired) electrons. The van der Waals surface area contributed by atoms with Gasteiger partial charge in [0.1, 0.15) is 5.76 Å². The van der Waals surface area contributed by atoms with Gasteiger partial charge < -0.3 is 13.4 Å². The van der Waals surface area contributed by atoms with Crippen LogP contribution in [-0.2, 0) is 23.3 Å². The van der Waals surface area contributed by atoms with Crippen molar-refractivity contribution in [1.29, 1.82) is 0 Å². The van der Waals surface area contributed by atoms with Crippen LogP contribution in [0.2, 0.25) is 0 Å². The van der Waals surface area contributed by atoms with E-state index in [4.69, 9.17) is 8.83 Å². The van der Waals surface area contributed by atoms with Gasteiger partial charge in [-0.15, -0.1) is 0 Å². The van der Waals surface area contributed by atoms with Gasteiger partial charge in [-0.25, -0.2) is 0 Å². The van der Waals surface area contributed by atoms with Crippen molar-refractivity contribution in [3.8, 4) is 0 Å². The van der Waals surface area contributed by atoms with Crippen molar-refractivity contribution in [2.45, 2.75) is 78.6 Å². The van der Waals surface area contributed by atoms with Crippen LogP contribution in [0.25, 0.3) is 0 Å². The Hall–Kier alpha value is -2.16. The van der Waals surface area contributed by atoms with Gasteiger partial charge in [0.25, 0.3) is 0 Å². The lowest BCUT2D eigenvalue weighted by Gasteiger charge is -2.15. The van der Waals surface area contributed by atoms with Crippen LogP contribution in [0.15, 0.2) is 64.3 Å². The largest absolute Gasteiger partial charge is 0.472 e. The molecule has 3 heterocycles. The van der Waals surface area contributed by atoms with Crippen LogP contribution in [-0.4, -0.2) is 4.57 Å². The number of nitrogens with zero attached hydrogens (tertiary/aromatic N) is 1. The Labute approximate surface area is 171 Å². The third kappa shape index (κ3) is 8.24. The standard InChI is InChI=1S/C9H15N.2C8H12O/c1-9(2,3)8-5-6-10(4)7-8;1-8(2,3)7-4-5-9-6-7;1-8(2,3)7-5-4-6-9-7/h5-7H,1-4H3;2*4-6H,1-3H3. The Bertz CT molecular complexity index is 727. The van der Waals surface area contributed by atoms with Gasteiger partial charge in [0.2, 0.25) is 0 Å². The van der Waals surface area contributed by atoms with E-state index in [9.17, 15) is 0 Å². The monoisotopic (exact) mass is 385 g/mol. The van der Waals surface area contributed by atoms with E-state index in [1.54, 1.807) is 18.8 Å². The molecule has 0 saturated heterocycles. The normalized spacial score (nSPS) is 11.9. The van der Waals surface area contributed by atoms with Crippen LogP contribution < -0.4 is 0 Å². The van der Waals surface area contributed by atoms with Crippen molar-refractivity contribution in [3.63, 3.8) is 0 Å². The molecule has 0 bridgehead atoms. The van der Waals surface area contributed by atoms with Crippen LogP contribution in [0.4, 0.5) is 0 Å². The fourth-order valence-corrected chi connectivity index (χ4v) is 2.34. The van der Waals surface area contributed by atoms with E-state index in [0.29, 0.717) is 5.41 Å². The van der Waals surface area contributed by atoms with Crippen LogP contribution >= 0.6 is 0 Å². The molecular formula is C25H39NO2. The number of hydrogen-bond acceptors (Lipinski definition) is 2. The molecule has 3 heteroatoms. The zero-order chi connectivity index (χ0) is 21.6. The Kier molecular flexibility index (Phi) is 7.98. The number of hydrogen-bond donors (Lipinski definition) is 0. The minimum Gasteiger partial charge on any atom is -0.472 e. The summed E-state index contributed by atoms with van der Waals surface area (Å²) in [5.74, 6) is 1.04. The van der Waals surface area contributed by atoms with Gasteiger partial charge in [-0.1, -0.05) is 62.3 Å². The average molecular weight is 386 g/mol. The van der Waals surface area contributed by atoms with E-state index >= 15 is 0 Å². The Morgan fingerprint density at radius 3 is 1.54 bits per heavy atom. The third-order valence-electron chi connectivity index (χ3n) is 4.35. The Morgan fingerprint density at radius 1 is 0.714 bits per heavy atom. The fraction of sp³-hybridized carbons (Fsp3) is 0.520. The van der Waals surface area contributed by atoms with Crippen molar-refractivity contribution < 1.29 is 8.83 Å². The number of aryl methyl sites for hydroxylation is 1. The quantitative estimate of drug-likeness (QED) is 0.402. The second-order valence-corrected chi connectivity index (χ2v) is 10.3. The van der Waals surface area contributed by atoms with Gasteiger partial charge in [-0.2, -0.15) is 0 Å². The van der Waals surface area contributed by atoms with E-state index < -0.39 is 0 Å². The number of aromatic nitrogens is 1. The zero-order valence-electron chi connectivity index (χ0n) is 19.5. The first-order chi connectivity index (χ1) is 12.7. The SMILES string of the molecule is CC(C)(C)c1ccco1.CC(C)(C)c1ccoc1.Cn1ccc(C(C)(C)C)c1. The van der Waals surface area contributed by atoms with Crippen molar-refractivity contribution in [2.24, 2.45) is 7.05 Å². The van der Waals surface area contributed by atoms with Crippen LogP contribution in [0.5, 0.6) is 0 Å². The van der Waals surface area contributed by atoms with Gasteiger partial charge >= 0.3 is 0 Å². The van der Waals surface area contributed by atoms with E-state index in [1.165, 1.54) is 11.1 Å². The third-order valence-corrected chi connectivity index (χ3v) is 4.35. The zero-order valence-corrected chi connectivity index (χ0v) is 19.5. The summed E-state index contributed by atoms with van der Waals surface area (Å²) in [4.78, 5) is 0. The lowest BCUT2D eigenvalue weighted by molar-refractivity contribution is 0.409. The first kappa shape index (κ1) is 23.9. The summed E-state index contributed by atoms with van der Waals surface area (Å²) in [6, 6.07) is 8.08. The maximum Gasteiger partial charge on any atom is 0.109 e. The predicted molar refractivity (Wildman–Crippen MR) is 119 cm³/mol. The molecule has 0 aliphatic heterocycles. The fourth-order valence-electron chi connectivity index (χ4n) is 2.34. The first-order valence-corrected chi connectivity index (χ1v) is 9.90. The molecular weight excluding hydrogens is 346 g/mol. The summed E-state index contributed by atoms with van der Waals surface area (Å²) < 4.78 is 12.2. The number of rotatable bonds is 0. The molecule has 0 atom stereocenters. The number of furan rings is 2. The average Bonchev–Trinajstić information content (AvgIpc) is 3.29. The van der Waals surface area contributed by atoms with Crippen molar-refractivity contribution in [1.82, 2.24) is 4.57 Å². The lowest BCUT2D eigenvalue weighted by atomic mass is 9.89. The van der Waals surface area contributed by atoms with Crippen molar-refractivity contribution >= 4 is 0 Å². The molecule has 0 saturated carbocycles. The molecule has 28 heavy (non-hydrogen) atoms. The highest BCUT2D eigenvalue weighted by atomic mass is 16.3. The summed E-state index contributed by atoms with van der Waals surface area (Å²) in [7, 11) is 2.05. The molecule has 3 aromatic rings. The van der Waals surface area contributed by atoms with Gasteiger partial charge in [-0.3, -0.25) is 0 Å². The summed E-state index contributed by atoms with van der Waals surface area (Å²) in [5, 5.41) is 0. The summed E-state index contributed by atoms with van der Waals surface area (Å²) in [5.41, 5.74) is 3.33. The molecule has 0 spiro atoms. The molecule has 156 valence electrons. The molecule has 3 nitrogen and oxygen atoms in total. The minimum absolute atomic E-state index is 0.156. The summed E-state index contributed by atoms with van der Waals surface area (Å²) in [6.07, 6.45) is 9.46. The van der Waals surface area contributed by atoms with E-state index in [0.717, 1.165) is 5.76 Å². The summed E-state index contributed by atoms with van der Waals surface area (Å²) >= 11 is 0. The van der Waals surface area contributed by atoms with E-state index in [1.807, 2.05) is 18.2 Å². The molecule has 0 N–H and O–H groups in total. The van der Waals surface area contributed by atoms with E-state index in [2.05, 4.69) is 92.4 Å². The highest BCUT2D eigenvalue weighted by Crippen LogP contribution is 2.22. The lowest BCUT2D eigenvalue weighted by Crippen LogP contribution is -2.09. The highest BCUT2D eigenvalue weighted by molar-refractivity contribution is 5.19. The second kappa shape index (κ2) is 9.36. The molecule has 0 unspecified atom stereocenters. The van der Waals surface area contributed by atoms with Crippen LogP contribution in [0.3, 0.4) is 0 Å². The van der Waals surface area contributed by atoms with Gasteiger partial charge in [-0.05, 0) is 46.2 Å². The maximum absolute atomic E-state index is 5.20. The topological polar surface area (TPSA) is 31.2 Å². The van der Waals surface area contributed by atoms with Gasteiger partial charge in [0.15, 0.2) is 0 Å². The minimum atomic E-state index is 0.156. The molecule has 0 aromatic carbocycles. The predicted octanol–water partition coefficient (Wildman–Crippen LogP) is 7.48. The van der Waals surface area contributed by atoms with Gasteiger partial charge in [0.05, 0.1) is 18.8 Å². The Balaban J connectivity index is 0.000000210. The van der Waals surface area contributed by atoms with Crippen molar-refractivity contribution in [3.05, 3.63) is 72.3 Å². The second-order valence-electron chi connectivity index (χ2n) is 10.3. The molecule has 0 aliphatic rings. The van der Waals surface area contributed by atoms with E-state index in [-0.39, 0.29) is 10.8 Å². The molecule has 0 aliphatic carbocycles. The molecule has 0 fully saturated rings. The summed E-state index contributed by atoms with van der Waals surface area (Å²) in [6.45, 7) is 19.6.